The molecule has 0 unspecified atom stereocenters. The van der Waals surface area contributed by atoms with Gasteiger partial charge in [-0.1, -0.05) is 12.1 Å². The van der Waals surface area contributed by atoms with E-state index in [1.165, 1.54) is 41.7 Å². The normalized spacial score (nSPS) is 15.8. The first-order chi connectivity index (χ1) is 14.8. The lowest BCUT2D eigenvalue weighted by Crippen LogP contribution is -2.46. The van der Waals surface area contributed by atoms with Crippen LogP contribution in [0, 0.1) is 5.82 Å². The summed E-state index contributed by atoms with van der Waals surface area (Å²) in [5.41, 5.74) is 0.636. The molecule has 0 saturated carbocycles. The molecule has 3 aromatic rings. The fourth-order valence-corrected chi connectivity index (χ4v) is 5.23. The third-order valence-corrected chi connectivity index (χ3v) is 7.50. The van der Waals surface area contributed by atoms with Crippen molar-refractivity contribution in [2.75, 3.05) is 40.3 Å². The number of fused-ring (bicyclic) bond motifs is 1. The van der Waals surface area contributed by atoms with Crippen LogP contribution in [0.5, 0.6) is 5.75 Å². The predicted octanol–water partition coefficient (Wildman–Crippen LogP) is 3.15. The lowest BCUT2D eigenvalue weighted by molar-refractivity contribution is 0.103. The Bertz CT molecular complexity index is 1230. The standard InChI is InChI=1S/C23H23FN2O4S/c1-25-11-13-26(14-12-25)31(28,29)19-8-9-20-17(15-19)5-10-21(30-2)22(20)23(27)16-3-6-18(24)7-4-16/h3-10,15H,11-14H2,1-2H3. The quantitative estimate of drug-likeness (QED) is 0.568. The van der Waals surface area contributed by atoms with Crippen molar-refractivity contribution in [2.45, 2.75) is 4.90 Å². The zero-order valence-electron chi connectivity index (χ0n) is 17.3. The van der Waals surface area contributed by atoms with E-state index in [4.69, 9.17) is 4.74 Å². The van der Waals surface area contributed by atoms with Gasteiger partial charge in [0, 0.05) is 31.7 Å². The second kappa shape index (κ2) is 8.37. The highest BCUT2D eigenvalue weighted by Crippen LogP contribution is 2.32. The third kappa shape index (κ3) is 4.06. The molecule has 0 aliphatic carbocycles. The van der Waals surface area contributed by atoms with Gasteiger partial charge < -0.3 is 9.64 Å². The van der Waals surface area contributed by atoms with Crippen LogP contribution in [-0.4, -0.2) is 63.7 Å². The van der Waals surface area contributed by atoms with Crippen molar-refractivity contribution in [3.8, 4) is 5.75 Å². The van der Waals surface area contributed by atoms with Crippen molar-refractivity contribution in [3.63, 3.8) is 0 Å². The van der Waals surface area contributed by atoms with Crippen molar-refractivity contribution in [1.82, 2.24) is 9.21 Å². The number of nitrogens with zero attached hydrogens (tertiary/aromatic N) is 2. The number of benzene rings is 3. The van der Waals surface area contributed by atoms with E-state index in [9.17, 15) is 17.6 Å². The Hall–Kier alpha value is -2.81. The average Bonchev–Trinajstić information content (AvgIpc) is 2.78. The Morgan fingerprint density at radius 1 is 0.968 bits per heavy atom. The first-order valence-corrected chi connectivity index (χ1v) is 11.3. The van der Waals surface area contributed by atoms with Gasteiger partial charge in [-0.05, 0) is 60.3 Å². The molecule has 6 nitrogen and oxygen atoms in total. The number of carbonyl (C=O) groups is 1. The molecule has 0 bridgehead atoms. The summed E-state index contributed by atoms with van der Waals surface area (Å²) in [6.45, 7) is 2.24. The molecule has 4 rings (SSSR count). The van der Waals surface area contributed by atoms with Crippen molar-refractivity contribution in [2.24, 2.45) is 0 Å². The Morgan fingerprint density at radius 3 is 2.29 bits per heavy atom. The topological polar surface area (TPSA) is 66.9 Å². The van der Waals surface area contributed by atoms with E-state index in [1.54, 1.807) is 24.3 Å². The molecule has 8 heteroatoms. The van der Waals surface area contributed by atoms with E-state index in [2.05, 4.69) is 4.90 Å². The molecule has 0 amide bonds. The number of halogens is 1. The molecule has 1 heterocycles. The van der Waals surface area contributed by atoms with Gasteiger partial charge in [0.25, 0.3) is 0 Å². The average molecular weight is 443 g/mol. The number of hydrogen-bond acceptors (Lipinski definition) is 5. The van der Waals surface area contributed by atoms with E-state index in [0.29, 0.717) is 53.8 Å². The minimum Gasteiger partial charge on any atom is -0.496 e. The van der Waals surface area contributed by atoms with E-state index >= 15 is 0 Å². The van der Waals surface area contributed by atoms with Gasteiger partial charge in [0.15, 0.2) is 5.78 Å². The fraction of sp³-hybridized carbons (Fsp3) is 0.261. The Kier molecular flexibility index (Phi) is 5.79. The van der Waals surface area contributed by atoms with Gasteiger partial charge >= 0.3 is 0 Å². The Balaban J connectivity index is 1.78. The molecular formula is C23H23FN2O4S. The van der Waals surface area contributed by atoms with Gasteiger partial charge in [0.05, 0.1) is 17.6 Å². The van der Waals surface area contributed by atoms with Gasteiger partial charge in [-0.15, -0.1) is 0 Å². The molecule has 1 aliphatic rings. The number of carbonyl (C=O) groups excluding carboxylic acids is 1. The second-order valence-corrected chi connectivity index (χ2v) is 9.51. The molecule has 0 atom stereocenters. The highest BCUT2D eigenvalue weighted by atomic mass is 32.2. The summed E-state index contributed by atoms with van der Waals surface area (Å²) in [5.74, 6) is -0.381. The van der Waals surface area contributed by atoms with Gasteiger partial charge in [-0.3, -0.25) is 4.79 Å². The molecule has 0 N–H and O–H groups in total. The maximum atomic E-state index is 13.3. The van der Waals surface area contributed by atoms with Crippen molar-refractivity contribution >= 4 is 26.6 Å². The van der Waals surface area contributed by atoms with Crippen LogP contribution in [0.15, 0.2) is 59.5 Å². The van der Waals surface area contributed by atoms with Crippen LogP contribution in [-0.2, 0) is 10.0 Å². The largest absolute Gasteiger partial charge is 0.496 e. The molecular weight excluding hydrogens is 419 g/mol. The summed E-state index contributed by atoms with van der Waals surface area (Å²) >= 11 is 0. The van der Waals surface area contributed by atoms with Crippen LogP contribution in [0.3, 0.4) is 0 Å². The first kappa shape index (κ1) is 21.4. The Morgan fingerprint density at radius 2 is 1.65 bits per heavy atom. The number of sulfonamides is 1. The third-order valence-electron chi connectivity index (χ3n) is 5.61. The number of methoxy groups -OCH3 is 1. The highest BCUT2D eigenvalue weighted by molar-refractivity contribution is 7.89. The van der Waals surface area contributed by atoms with Gasteiger partial charge in [0.1, 0.15) is 11.6 Å². The summed E-state index contributed by atoms with van der Waals surface area (Å²) in [7, 11) is -0.201. The summed E-state index contributed by atoms with van der Waals surface area (Å²) < 4.78 is 46.4. The van der Waals surface area contributed by atoms with E-state index in [-0.39, 0.29) is 10.7 Å². The second-order valence-electron chi connectivity index (χ2n) is 7.57. The van der Waals surface area contributed by atoms with Crippen LogP contribution in [0.25, 0.3) is 10.8 Å². The summed E-state index contributed by atoms with van der Waals surface area (Å²) in [6.07, 6.45) is 0. The fourth-order valence-electron chi connectivity index (χ4n) is 3.78. The minimum absolute atomic E-state index is 0.190. The van der Waals surface area contributed by atoms with Crippen molar-refractivity contribution in [1.29, 1.82) is 0 Å². The van der Waals surface area contributed by atoms with Crippen molar-refractivity contribution < 1.29 is 22.3 Å². The smallest absolute Gasteiger partial charge is 0.243 e. The minimum atomic E-state index is -3.63. The SMILES string of the molecule is COc1ccc2cc(S(=O)(=O)N3CCN(C)CC3)ccc2c1C(=O)c1ccc(F)cc1. The van der Waals surface area contributed by atoms with E-state index in [0.717, 1.165) is 0 Å². The van der Waals surface area contributed by atoms with Gasteiger partial charge in [0.2, 0.25) is 10.0 Å². The lowest BCUT2D eigenvalue weighted by Gasteiger charge is -2.31. The molecule has 0 radical (unpaired) electrons. The first-order valence-electron chi connectivity index (χ1n) is 9.91. The molecule has 1 saturated heterocycles. The number of likely N-dealkylation sites (N-methyl/N-ethyl adjacent to an activating group) is 1. The number of piperazine rings is 1. The number of ether oxygens (including phenoxy) is 1. The number of hydrogen-bond donors (Lipinski definition) is 0. The zero-order chi connectivity index (χ0) is 22.2. The zero-order valence-corrected chi connectivity index (χ0v) is 18.2. The number of rotatable bonds is 5. The van der Waals surface area contributed by atoms with Crippen LogP contribution in [0.1, 0.15) is 15.9 Å². The molecule has 1 fully saturated rings. The summed E-state index contributed by atoms with van der Waals surface area (Å²) in [4.78, 5) is 15.5. The highest BCUT2D eigenvalue weighted by Gasteiger charge is 2.28. The van der Waals surface area contributed by atoms with Crippen LogP contribution >= 0.6 is 0 Å². The van der Waals surface area contributed by atoms with E-state index in [1.807, 2.05) is 7.05 Å². The maximum absolute atomic E-state index is 13.3. The molecule has 0 spiro atoms. The molecule has 1 aliphatic heterocycles. The van der Waals surface area contributed by atoms with Gasteiger partial charge in [-0.25, -0.2) is 12.8 Å². The summed E-state index contributed by atoms with van der Waals surface area (Å²) in [6, 6.07) is 13.4. The maximum Gasteiger partial charge on any atom is 0.243 e. The molecule has 3 aromatic carbocycles. The van der Waals surface area contributed by atoms with Crippen LogP contribution in [0.4, 0.5) is 4.39 Å². The van der Waals surface area contributed by atoms with Crippen LogP contribution < -0.4 is 4.74 Å². The van der Waals surface area contributed by atoms with Crippen molar-refractivity contribution in [3.05, 3.63) is 71.5 Å². The predicted molar refractivity (Wildman–Crippen MR) is 117 cm³/mol. The molecule has 31 heavy (non-hydrogen) atoms. The Labute approximate surface area is 180 Å². The summed E-state index contributed by atoms with van der Waals surface area (Å²) in [5, 5.41) is 1.19. The number of ketones is 1. The van der Waals surface area contributed by atoms with Crippen LogP contribution in [0.2, 0.25) is 0 Å². The monoisotopic (exact) mass is 442 g/mol. The van der Waals surface area contributed by atoms with E-state index < -0.39 is 15.8 Å². The molecule has 0 aromatic heterocycles. The lowest BCUT2D eigenvalue weighted by atomic mass is 9.96. The molecule has 162 valence electrons. The van der Waals surface area contributed by atoms with Gasteiger partial charge in [-0.2, -0.15) is 4.31 Å².